The molecule has 0 atom stereocenters. The smallest absolute Gasteiger partial charge is 0.161 e. The van der Waals surface area contributed by atoms with Gasteiger partial charge in [0.05, 0.1) is 11.4 Å². The lowest BCUT2D eigenvalue weighted by Crippen LogP contribution is -2.21. The number of pyridine rings is 2. The second-order valence-corrected chi connectivity index (χ2v) is 7.63. The Morgan fingerprint density at radius 1 is 1.03 bits per heavy atom. The number of nitrogens with one attached hydrogen (secondary N) is 2. The third-order valence-corrected chi connectivity index (χ3v) is 4.82. The molecule has 0 amide bonds. The van der Waals surface area contributed by atoms with E-state index in [1.165, 1.54) is 18.5 Å². The number of hydrogen-bond donors (Lipinski definition) is 2. The Labute approximate surface area is 184 Å². The van der Waals surface area contributed by atoms with Crippen molar-refractivity contribution in [2.24, 2.45) is 0 Å². The lowest BCUT2D eigenvalue weighted by Gasteiger charge is -2.13. The van der Waals surface area contributed by atoms with Crippen LogP contribution in [0.3, 0.4) is 0 Å². The average molecular weight is 438 g/mol. The van der Waals surface area contributed by atoms with Gasteiger partial charge in [-0.3, -0.25) is 0 Å². The summed E-state index contributed by atoms with van der Waals surface area (Å²) in [5.74, 6) is 0.890. The molecule has 0 unspecified atom stereocenters. The molecular formula is C22H21ClFN7. The van der Waals surface area contributed by atoms with Gasteiger partial charge in [-0.15, -0.1) is 0 Å². The maximum atomic E-state index is 14.5. The van der Waals surface area contributed by atoms with Gasteiger partial charge < -0.3 is 15.5 Å². The van der Waals surface area contributed by atoms with Crippen LogP contribution in [0.5, 0.6) is 0 Å². The molecule has 4 aromatic rings. The number of halogens is 2. The van der Waals surface area contributed by atoms with E-state index in [0.717, 1.165) is 18.5 Å². The Hall–Kier alpha value is -3.36. The maximum Gasteiger partial charge on any atom is 0.161 e. The Kier molecular flexibility index (Phi) is 6.20. The van der Waals surface area contributed by atoms with E-state index in [9.17, 15) is 4.39 Å². The molecule has 4 rings (SSSR count). The van der Waals surface area contributed by atoms with Crippen molar-refractivity contribution in [1.29, 1.82) is 0 Å². The van der Waals surface area contributed by atoms with Gasteiger partial charge in [0.15, 0.2) is 5.65 Å². The summed E-state index contributed by atoms with van der Waals surface area (Å²) in [6.07, 6.45) is 3.13. The number of fused-ring (bicyclic) bond motifs is 1. The van der Waals surface area contributed by atoms with Crippen molar-refractivity contribution in [1.82, 2.24) is 24.8 Å². The molecule has 0 aliphatic heterocycles. The quantitative estimate of drug-likeness (QED) is 0.437. The van der Waals surface area contributed by atoms with Crippen molar-refractivity contribution in [2.45, 2.75) is 0 Å². The zero-order chi connectivity index (χ0) is 21.8. The van der Waals surface area contributed by atoms with Crippen LogP contribution in [-0.4, -0.2) is 52.0 Å². The summed E-state index contributed by atoms with van der Waals surface area (Å²) in [5.41, 5.74) is 1.91. The summed E-state index contributed by atoms with van der Waals surface area (Å²) in [5, 5.41) is 7.78. The molecule has 9 heteroatoms. The maximum absolute atomic E-state index is 14.5. The van der Waals surface area contributed by atoms with E-state index < -0.39 is 5.82 Å². The largest absolute Gasteiger partial charge is 0.369 e. The fourth-order valence-corrected chi connectivity index (χ4v) is 3.23. The lowest BCUT2D eigenvalue weighted by atomic mass is 10.1. The highest BCUT2D eigenvalue weighted by Gasteiger charge is 2.13. The normalized spacial score (nSPS) is 11.1. The van der Waals surface area contributed by atoms with Gasteiger partial charge >= 0.3 is 0 Å². The molecule has 0 saturated carbocycles. The predicted octanol–water partition coefficient (Wildman–Crippen LogP) is 4.60. The SMILES string of the molecule is CN(C)CCNc1cc(Nc2cc(-c3cc(Cl)ccc3F)nc3ncccc23)ncn1. The molecule has 0 spiro atoms. The number of benzene rings is 1. The summed E-state index contributed by atoms with van der Waals surface area (Å²) >= 11 is 6.08. The molecule has 0 aliphatic carbocycles. The molecule has 0 radical (unpaired) electrons. The van der Waals surface area contributed by atoms with Gasteiger partial charge in [-0.1, -0.05) is 11.6 Å². The first-order valence-corrected chi connectivity index (χ1v) is 10.1. The highest BCUT2D eigenvalue weighted by atomic mass is 35.5. The number of nitrogens with zero attached hydrogens (tertiary/aromatic N) is 5. The minimum absolute atomic E-state index is 0.303. The van der Waals surface area contributed by atoms with E-state index in [-0.39, 0.29) is 0 Å². The lowest BCUT2D eigenvalue weighted by molar-refractivity contribution is 0.425. The molecule has 0 aliphatic rings. The second kappa shape index (κ2) is 9.20. The molecule has 3 heterocycles. The van der Waals surface area contributed by atoms with E-state index in [1.807, 2.05) is 32.3 Å². The van der Waals surface area contributed by atoms with Crippen LogP contribution in [-0.2, 0) is 0 Å². The van der Waals surface area contributed by atoms with Crippen LogP contribution in [0, 0.1) is 5.82 Å². The number of likely N-dealkylation sites (N-methyl/N-ethyl adjacent to an activating group) is 1. The second-order valence-electron chi connectivity index (χ2n) is 7.20. The van der Waals surface area contributed by atoms with Crippen molar-refractivity contribution in [3.8, 4) is 11.3 Å². The Morgan fingerprint density at radius 2 is 1.87 bits per heavy atom. The van der Waals surface area contributed by atoms with Gasteiger partial charge in [0.2, 0.25) is 0 Å². The molecule has 2 N–H and O–H groups in total. The zero-order valence-electron chi connectivity index (χ0n) is 17.1. The molecule has 158 valence electrons. The Bertz CT molecular complexity index is 1220. The molecule has 1 aromatic carbocycles. The van der Waals surface area contributed by atoms with Crippen LogP contribution in [0.25, 0.3) is 22.3 Å². The number of anilines is 3. The van der Waals surface area contributed by atoms with Gasteiger partial charge in [0.25, 0.3) is 0 Å². The summed E-state index contributed by atoms with van der Waals surface area (Å²) < 4.78 is 14.5. The van der Waals surface area contributed by atoms with Crippen LogP contribution < -0.4 is 10.6 Å². The first-order valence-electron chi connectivity index (χ1n) is 9.68. The van der Waals surface area contributed by atoms with Gasteiger partial charge in [0.1, 0.15) is 23.8 Å². The van der Waals surface area contributed by atoms with Gasteiger partial charge in [-0.05, 0) is 50.5 Å². The summed E-state index contributed by atoms with van der Waals surface area (Å²) in [6, 6.07) is 11.7. The van der Waals surface area contributed by atoms with Crippen molar-refractivity contribution in [3.63, 3.8) is 0 Å². The zero-order valence-corrected chi connectivity index (χ0v) is 17.9. The summed E-state index contributed by atoms with van der Waals surface area (Å²) in [4.78, 5) is 19.5. The topological polar surface area (TPSA) is 78.9 Å². The summed E-state index contributed by atoms with van der Waals surface area (Å²) in [6.45, 7) is 1.63. The third-order valence-electron chi connectivity index (χ3n) is 4.58. The van der Waals surface area contributed by atoms with Crippen LogP contribution >= 0.6 is 11.6 Å². The van der Waals surface area contributed by atoms with Gasteiger partial charge in [0, 0.05) is 41.3 Å². The average Bonchev–Trinajstić information content (AvgIpc) is 2.75. The van der Waals surface area contributed by atoms with Gasteiger partial charge in [-0.25, -0.2) is 24.3 Å². The van der Waals surface area contributed by atoms with E-state index in [4.69, 9.17) is 11.6 Å². The van der Waals surface area contributed by atoms with Crippen molar-refractivity contribution in [3.05, 3.63) is 65.8 Å². The highest BCUT2D eigenvalue weighted by Crippen LogP contribution is 2.31. The number of rotatable bonds is 7. The molecule has 0 bridgehead atoms. The number of aromatic nitrogens is 4. The predicted molar refractivity (Wildman–Crippen MR) is 122 cm³/mol. The minimum Gasteiger partial charge on any atom is -0.369 e. The highest BCUT2D eigenvalue weighted by molar-refractivity contribution is 6.30. The molecule has 3 aromatic heterocycles. The molecule has 7 nitrogen and oxygen atoms in total. The third kappa shape index (κ3) is 5.04. The first kappa shape index (κ1) is 20.9. The van der Waals surface area contributed by atoms with Crippen LogP contribution in [0.1, 0.15) is 0 Å². The summed E-state index contributed by atoms with van der Waals surface area (Å²) in [7, 11) is 4.02. The van der Waals surface area contributed by atoms with E-state index >= 15 is 0 Å². The van der Waals surface area contributed by atoms with Crippen LogP contribution in [0.15, 0.2) is 55.0 Å². The Morgan fingerprint density at radius 3 is 2.71 bits per heavy atom. The fourth-order valence-electron chi connectivity index (χ4n) is 3.06. The molecular weight excluding hydrogens is 417 g/mol. The number of hydrogen-bond acceptors (Lipinski definition) is 7. The molecule has 0 fully saturated rings. The molecule has 31 heavy (non-hydrogen) atoms. The molecule has 0 saturated heterocycles. The van der Waals surface area contributed by atoms with Crippen molar-refractivity contribution in [2.75, 3.05) is 37.8 Å². The van der Waals surface area contributed by atoms with E-state index in [1.54, 1.807) is 18.3 Å². The fraction of sp³-hybridized carbons (Fsp3) is 0.182. The Balaban J connectivity index is 1.70. The van der Waals surface area contributed by atoms with E-state index in [2.05, 4.69) is 35.5 Å². The monoisotopic (exact) mass is 437 g/mol. The van der Waals surface area contributed by atoms with Crippen LogP contribution in [0.2, 0.25) is 5.02 Å². The van der Waals surface area contributed by atoms with Crippen molar-refractivity contribution < 1.29 is 4.39 Å². The van der Waals surface area contributed by atoms with Crippen LogP contribution in [0.4, 0.5) is 21.7 Å². The van der Waals surface area contributed by atoms with E-state index in [0.29, 0.717) is 39.3 Å². The minimum atomic E-state index is -0.410. The van der Waals surface area contributed by atoms with Crippen molar-refractivity contribution >= 4 is 40.0 Å². The first-order chi connectivity index (χ1) is 15.0. The standard InChI is InChI=1S/C22H21ClFN7/c1-31(2)9-8-25-20-12-21(28-13-27-20)29-18-11-19(16-10-14(23)5-6-17(16)24)30-22-15(18)4-3-7-26-22/h3-7,10-13H,8-9H2,1-2H3,(H2,25,26,27,28,29,30). The van der Waals surface area contributed by atoms with Gasteiger partial charge in [-0.2, -0.15) is 0 Å².